The molecule has 3 aromatic rings. The normalized spacial score (nSPS) is 12.0. The standard InChI is InChI=1S/C20H22N4O/c1-4-18(15-9-11-21-12-10-15)24-20(25)17-7-5-16(6-8-17)19-13(2)22-14(3)23-19/h5-12,18H,4H2,1-3H3,(H,22,23)(H,24,25). The van der Waals surface area contributed by atoms with Gasteiger partial charge in [-0.3, -0.25) is 9.78 Å². The number of carbonyl (C=O) groups is 1. The zero-order chi connectivity index (χ0) is 17.8. The van der Waals surface area contributed by atoms with Crippen molar-refractivity contribution in [3.8, 4) is 11.3 Å². The molecule has 0 saturated heterocycles. The lowest BCUT2D eigenvalue weighted by Gasteiger charge is -2.17. The number of H-pyrrole nitrogens is 1. The Kier molecular flexibility index (Phi) is 4.93. The van der Waals surface area contributed by atoms with E-state index < -0.39 is 0 Å². The highest BCUT2D eigenvalue weighted by Crippen LogP contribution is 2.22. The zero-order valence-corrected chi connectivity index (χ0v) is 14.7. The molecule has 128 valence electrons. The Morgan fingerprint density at radius 2 is 1.80 bits per heavy atom. The Balaban J connectivity index is 1.75. The molecule has 0 spiro atoms. The number of nitrogens with zero attached hydrogens (tertiary/aromatic N) is 2. The van der Waals surface area contributed by atoms with Crippen LogP contribution in [-0.2, 0) is 0 Å². The van der Waals surface area contributed by atoms with E-state index in [0.717, 1.165) is 34.8 Å². The number of carbonyl (C=O) groups excluding carboxylic acids is 1. The van der Waals surface area contributed by atoms with Gasteiger partial charge in [-0.05, 0) is 50.1 Å². The van der Waals surface area contributed by atoms with Crippen molar-refractivity contribution in [1.29, 1.82) is 0 Å². The number of aryl methyl sites for hydroxylation is 2. The summed E-state index contributed by atoms with van der Waals surface area (Å²) >= 11 is 0. The smallest absolute Gasteiger partial charge is 0.251 e. The van der Waals surface area contributed by atoms with E-state index in [-0.39, 0.29) is 11.9 Å². The number of aromatic amines is 1. The van der Waals surface area contributed by atoms with Crippen LogP contribution in [0, 0.1) is 13.8 Å². The quantitative estimate of drug-likeness (QED) is 0.741. The van der Waals surface area contributed by atoms with Gasteiger partial charge >= 0.3 is 0 Å². The average molecular weight is 334 g/mol. The van der Waals surface area contributed by atoms with Crippen LogP contribution in [0.2, 0.25) is 0 Å². The SMILES string of the molecule is CCC(NC(=O)c1ccc(-c2nc(C)[nH]c2C)cc1)c1ccncc1. The minimum absolute atomic E-state index is 0.0218. The molecule has 2 aromatic heterocycles. The molecule has 3 rings (SSSR count). The molecule has 0 aliphatic heterocycles. The number of amides is 1. The van der Waals surface area contributed by atoms with E-state index in [2.05, 4.69) is 27.2 Å². The fourth-order valence-corrected chi connectivity index (χ4v) is 2.93. The summed E-state index contributed by atoms with van der Waals surface area (Å²) in [7, 11) is 0. The Labute approximate surface area is 147 Å². The molecule has 5 heteroatoms. The predicted molar refractivity (Wildman–Crippen MR) is 98.2 cm³/mol. The number of aromatic nitrogens is 3. The first-order chi connectivity index (χ1) is 12.1. The first-order valence-electron chi connectivity index (χ1n) is 8.43. The van der Waals surface area contributed by atoms with Gasteiger partial charge < -0.3 is 10.3 Å². The lowest BCUT2D eigenvalue weighted by molar-refractivity contribution is 0.0935. The number of rotatable bonds is 5. The molecule has 1 atom stereocenters. The number of benzene rings is 1. The van der Waals surface area contributed by atoms with E-state index in [1.54, 1.807) is 12.4 Å². The van der Waals surface area contributed by atoms with Crippen LogP contribution in [0.25, 0.3) is 11.3 Å². The second-order valence-electron chi connectivity index (χ2n) is 6.09. The van der Waals surface area contributed by atoms with Crippen LogP contribution in [-0.4, -0.2) is 20.9 Å². The van der Waals surface area contributed by atoms with Crippen LogP contribution in [0.1, 0.15) is 46.8 Å². The second-order valence-corrected chi connectivity index (χ2v) is 6.09. The van der Waals surface area contributed by atoms with Crippen LogP contribution in [0.15, 0.2) is 48.8 Å². The Bertz CT molecular complexity index is 853. The molecule has 0 aliphatic rings. The van der Waals surface area contributed by atoms with Gasteiger partial charge in [0.05, 0.1) is 11.7 Å². The minimum Gasteiger partial charge on any atom is -0.346 e. The average Bonchev–Trinajstić information content (AvgIpc) is 2.98. The van der Waals surface area contributed by atoms with Gasteiger partial charge in [0.15, 0.2) is 0 Å². The van der Waals surface area contributed by atoms with Crippen LogP contribution >= 0.6 is 0 Å². The fourth-order valence-electron chi connectivity index (χ4n) is 2.93. The van der Waals surface area contributed by atoms with Gasteiger partial charge in [0, 0.05) is 29.2 Å². The number of imidazole rings is 1. The number of hydrogen-bond acceptors (Lipinski definition) is 3. The molecule has 0 aliphatic carbocycles. The molecule has 2 N–H and O–H groups in total. The summed E-state index contributed by atoms with van der Waals surface area (Å²) in [5.74, 6) is 0.808. The molecule has 1 unspecified atom stereocenters. The van der Waals surface area contributed by atoms with Crippen molar-refractivity contribution in [2.45, 2.75) is 33.2 Å². The van der Waals surface area contributed by atoms with E-state index in [0.29, 0.717) is 5.56 Å². The van der Waals surface area contributed by atoms with E-state index in [1.807, 2.05) is 50.2 Å². The van der Waals surface area contributed by atoms with E-state index in [1.165, 1.54) is 0 Å². The molecule has 1 amide bonds. The molecule has 1 aromatic carbocycles. The molecule has 2 heterocycles. The van der Waals surface area contributed by atoms with E-state index in [9.17, 15) is 4.79 Å². The van der Waals surface area contributed by atoms with Gasteiger partial charge in [0.2, 0.25) is 0 Å². The summed E-state index contributed by atoms with van der Waals surface area (Å²) in [5, 5.41) is 3.09. The van der Waals surface area contributed by atoms with Gasteiger partial charge in [0.25, 0.3) is 5.91 Å². The molecular formula is C20H22N4O. The van der Waals surface area contributed by atoms with Crippen LogP contribution in [0.4, 0.5) is 0 Å². The Morgan fingerprint density at radius 1 is 1.12 bits per heavy atom. The topological polar surface area (TPSA) is 70.7 Å². The predicted octanol–water partition coefficient (Wildman–Crippen LogP) is 3.97. The van der Waals surface area contributed by atoms with Crippen molar-refractivity contribution in [3.63, 3.8) is 0 Å². The number of pyridine rings is 1. The second kappa shape index (κ2) is 7.30. The lowest BCUT2D eigenvalue weighted by Crippen LogP contribution is -2.28. The highest BCUT2D eigenvalue weighted by Gasteiger charge is 2.14. The lowest BCUT2D eigenvalue weighted by atomic mass is 10.0. The third-order valence-electron chi connectivity index (χ3n) is 4.25. The summed E-state index contributed by atoms with van der Waals surface area (Å²) in [4.78, 5) is 24.3. The molecular weight excluding hydrogens is 312 g/mol. The maximum Gasteiger partial charge on any atom is 0.251 e. The summed E-state index contributed by atoms with van der Waals surface area (Å²) in [6.07, 6.45) is 4.31. The van der Waals surface area contributed by atoms with Crippen LogP contribution < -0.4 is 5.32 Å². The van der Waals surface area contributed by atoms with Crippen molar-refractivity contribution in [2.24, 2.45) is 0 Å². The van der Waals surface area contributed by atoms with E-state index >= 15 is 0 Å². The maximum absolute atomic E-state index is 12.6. The van der Waals surface area contributed by atoms with Gasteiger partial charge in [-0.2, -0.15) is 0 Å². The van der Waals surface area contributed by atoms with Gasteiger partial charge in [-0.1, -0.05) is 19.1 Å². The third-order valence-corrected chi connectivity index (χ3v) is 4.25. The van der Waals surface area contributed by atoms with Crippen molar-refractivity contribution in [1.82, 2.24) is 20.3 Å². The molecule has 0 bridgehead atoms. The summed E-state index contributed by atoms with van der Waals surface area (Å²) in [5.41, 5.74) is 4.65. The van der Waals surface area contributed by atoms with Crippen molar-refractivity contribution >= 4 is 5.91 Å². The molecule has 25 heavy (non-hydrogen) atoms. The van der Waals surface area contributed by atoms with E-state index in [4.69, 9.17) is 0 Å². The minimum atomic E-state index is -0.0786. The van der Waals surface area contributed by atoms with Crippen molar-refractivity contribution in [2.75, 3.05) is 0 Å². The van der Waals surface area contributed by atoms with Gasteiger partial charge in [0.1, 0.15) is 5.82 Å². The monoisotopic (exact) mass is 334 g/mol. The molecule has 0 saturated carbocycles. The van der Waals surface area contributed by atoms with Crippen molar-refractivity contribution in [3.05, 3.63) is 71.4 Å². The number of nitrogens with one attached hydrogen (secondary N) is 2. The summed E-state index contributed by atoms with van der Waals surface area (Å²) in [6, 6.07) is 11.4. The largest absolute Gasteiger partial charge is 0.346 e. The van der Waals surface area contributed by atoms with Crippen molar-refractivity contribution < 1.29 is 4.79 Å². The Hall–Kier alpha value is -2.95. The van der Waals surface area contributed by atoms with Crippen LogP contribution in [0.3, 0.4) is 0 Å². The van der Waals surface area contributed by atoms with Crippen LogP contribution in [0.5, 0.6) is 0 Å². The molecule has 5 nitrogen and oxygen atoms in total. The highest BCUT2D eigenvalue weighted by molar-refractivity contribution is 5.94. The highest BCUT2D eigenvalue weighted by atomic mass is 16.1. The fraction of sp³-hybridized carbons (Fsp3) is 0.250. The molecule has 0 radical (unpaired) electrons. The third kappa shape index (κ3) is 3.76. The van der Waals surface area contributed by atoms with Gasteiger partial charge in [-0.15, -0.1) is 0 Å². The Morgan fingerprint density at radius 3 is 2.36 bits per heavy atom. The maximum atomic E-state index is 12.6. The first kappa shape index (κ1) is 16.9. The summed E-state index contributed by atoms with van der Waals surface area (Å²) < 4.78 is 0. The zero-order valence-electron chi connectivity index (χ0n) is 14.7. The van der Waals surface area contributed by atoms with Gasteiger partial charge in [-0.25, -0.2) is 4.98 Å². The molecule has 0 fully saturated rings. The number of hydrogen-bond donors (Lipinski definition) is 2. The summed E-state index contributed by atoms with van der Waals surface area (Å²) in [6.45, 7) is 5.98. The first-order valence-corrected chi connectivity index (χ1v) is 8.43.